The molecule has 0 saturated carbocycles. The van der Waals surface area contributed by atoms with E-state index in [1.165, 1.54) is 5.56 Å². The van der Waals surface area contributed by atoms with Crippen LogP contribution in [0.3, 0.4) is 0 Å². The van der Waals surface area contributed by atoms with Crippen LogP contribution in [0.4, 0.5) is 0 Å². The van der Waals surface area contributed by atoms with Crippen LogP contribution >= 0.6 is 23.2 Å². The predicted octanol–water partition coefficient (Wildman–Crippen LogP) is 3.71. The highest BCUT2D eigenvalue weighted by Crippen LogP contribution is 2.32. The zero-order chi connectivity index (χ0) is 22.7. The van der Waals surface area contributed by atoms with E-state index in [0.717, 1.165) is 31.9 Å². The number of aromatic nitrogens is 4. The third-order valence-electron chi connectivity index (χ3n) is 5.55. The van der Waals surface area contributed by atoms with E-state index in [-0.39, 0.29) is 12.6 Å². The van der Waals surface area contributed by atoms with Crippen molar-refractivity contribution >= 4 is 29.1 Å². The molecule has 3 heterocycles. The van der Waals surface area contributed by atoms with Crippen LogP contribution in [0, 0.1) is 6.92 Å². The number of hydrogen-bond acceptors (Lipinski definition) is 5. The number of rotatable bonds is 7. The van der Waals surface area contributed by atoms with E-state index in [1.807, 2.05) is 16.5 Å². The summed E-state index contributed by atoms with van der Waals surface area (Å²) in [5.74, 6) is 0.323. The molecule has 10 heteroatoms. The number of carbonyl (C=O) groups excluding carboxylic acids is 1. The number of halogens is 2. The number of ether oxygens (including phenoxy) is 1. The van der Waals surface area contributed by atoms with E-state index in [2.05, 4.69) is 28.2 Å². The smallest absolute Gasteiger partial charge is 0.274 e. The number of nitrogens with zero attached hydrogens (tertiary/aromatic N) is 6. The Bertz CT molecular complexity index is 1070. The average Bonchev–Trinajstić information content (AvgIpc) is 3.40. The van der Waals surface area contributed by atoms with Crippen LogP contribution < -0.4 is 4.74 Å². The van der Waals surface area contributed by atoms with Crippen LogP contribution in [-0.4, -0.2) is 61.4 Å². The first-order chi connectivity index (χ1) is 15.4. The summed E-state index contributed by atoms with van der Waals surface area (Å²) in [6, 6.07) is 6.87. The molecule has 32 heavy (non-hydrogen) atoms. The molecule has 1 aliphatic heterocycles. The molecular weight excluding hydrogens is 451 g/mol. The van der Waals surface area contributed by atoms with Gasteiger partial charge in [-0.25, -0.2) is 4.68 Å². The molecule has 0 atom stereocenters. The Morgan fingerprint density at radius 3 is 2.44 bits per heavy atom. The summed E-state index contributed by atoms with van der Waals surface area (Å²) in [5, 5.41) is 9.73. The molecule has 1 aromatic carbocycles. The Morgan fingerprint density at radius 2 is 1.78 bits per heavy atom. The molecule has 0 spiro atoms. The standard InChI is InChI=1S/C22H26Cl2N6O2/c1-3-29-14-17(16(2)25-29)13-27-9-11-28(12-10-27)22(31)20-7-8-30(26-20)15-32-21-18(23)5-4-6-19(21)24/h4-8,14H,3,9-13,15H2,1-2H3. The van der Waals surface area contributed by atoms with Crippen LogP contribution in [0.5, 0.6) is 5.75 Å². The van der Waals surface area contributed by atoms with Crippen molar-refractivity contribution in [3.05, 3.63) is 63.7 Å². The van der Waals surface area contributed by atoms with E-state index in [1.54, 1.807) is 35.1 Å². The third kappa shape index (κ3) is 5.09. The van der Waals surface area contributed by atoms with Gasteiger partial charge in [-0.2, -0.15) is 10.2 Å². The molecular formula is C22H26Cl2N6O2. The Morgan fingerprint density at radius 1 is 1.06 bits per heavy atom. The number of para-hydroxylation sites is 1. The summed E-state index contributed by atoms with van der Waals surface area (Å²) in [6.45, 7) is 8.92. The minimum Gasteiger partial charge on any atom is -0.468 e. The molecule has 0 radical (unpaired) electrons. The van der Waals surface area contributed by atoms with Crippen LogP contribution in [0.1, 0.15) is 28.7 Å². The van der Waals surface area contributed by atoms with Crippen LogP contribution in [0.15, 0.2) is 36.7 Å². The lowest BCUT2D eigenvalue weighted by Gasteiger charge is -2.34. The molecule has 0 bridgehead atoms. The molecule has 0 N–H and O–H groups in total. The molecule has 0 aliphatic carbocycles. The van der Waals surface area contributed by atoms with Gasteiger partial charge in [0.2, 0.25) is 0 Å². The van der Waals surface area contributed by atoms with Gasteiger partial charge in [-0.05, 0) is 32.0 Å². The lowest BCUT2D eigenvalue weighted by Crippen LogP contribution is -2.48. The molecule has 0 unspecified atom stereocenters. The fourth-order valence-electron chi connectivity index (χ4n) is 3.69. The van der Waals surface area contributed by atoms with Crippen molar-refractivity contribution in [2.45, 2.75) is 33.7 Å². The Kier molecular flexibility index (Phi) is 7.03. The number of carbonyl (C=O) groups is 1. The molecule has 4 rings (SSSR count). The molecule has 8 nitrogen and oxygen atoms in total. The molecule has 2 aromatic heterocycles. The zero-order valence-electron chi connectivity index (χ0n) is 18.2. The van der Waals surface area contributed by atoms with Gasteiger partial charge in [0, 0.05) is 57.2 Å². The van der Waals surface area contributed by atoms with Crippen molar-refractivity contribution in [2.75, 3.05) is 26.2 Å². The molecule has 1 amide bonds. The number of piperazine rings is 1. The van der Waals surface area contributed by atoms with Crippen molar-refractivity contribution < 1.29 is 9.53 Å². The average molecular weight is 477 g/mol. The predicted molar refractivity (Wildman–Crippen MR) is 123 cm³/mol. The van der Waals surface area contributed by atoms with Gasteiger partial charge in [0.15, 0.2) is 18.2 Å². The highest BCUT2D eigenvalue weighted by atomic mass is 35.5. The van der Waals surface area contributed by atoms with Crippen molar-refractivity contribution in [3.8, 4) is 5.75 Å². The summed E-state index contributed by atoms with van der Waals surface area (Å²) in [7, 11) is 0. The highest BCUT2D eigenvalue weighted by molar-refractivity contribution is 6.37. The van der Waals surface area contributed by atoms with E-state index in [4.69, 9.17) is 27.9 Å². The Hall–Kier alpha value is -2.55. The van der Waals surface area contributed by atoms with Crippen molar-refractivity contribution in [1.82, 2.24) is 29.4 Å². The summed E-state index contributed by atoms with van der Waals surface area (Å²) in [4.78, 5) is 17.1. The van der Waals surface area contributed by atoms with E-state index < -0.39 is 0 Å². The molecule has 1 fully saturated rings. The van der Waals surface area contributed by atoms with Crippen molar-refractivity contribution in [2.24, 2.45) is 0 Å². The van der Waals surface area contributed by atoms with Crippen molar-refractivity contribution in [1.29, 1.82) is 0 Å². The second-order valence-corrected chi connectivity index (χ2v) is 8.54. The van der Waals surface area contributed by atoms with E-state index in [0.29, 0.717) is 34.6 Å². The van der Waals surface area contributed by atoms with E-state index in [9.17, 15) is 4.79 Å². The third-order valence-corrected chi connectivity index (χ3v) is 6.14. The van der Waals surface area contributed by atoms with Gasteiger partial charge in [-0.1, -0.05) is 29.3 Å². The SMILES string of the molecule is CCn1cc(CN2CCN(C(=O)c3ccn(COc4c(Cl)cccc4Cl)n3)CC2)c(C)n1. The lowest BCUT2D eigenvalue weighted by atomic mass is 10.2. The maximum atomic E-state index is 12.9. The minimum absolute atomic E-state index is 0.0749. The second kappa shape index (κ2) is 9.94. The van der Waals surface area contributed by atoms with Gasteiger partial charge in [-0.3, -0.25) is 14.4 Å². The summed E-state index contributed by atoms with van der Waals surface area (Å²) in [5.41, 5.74) is 2.70. The second-order valence-electron chi connectivity index (χ2n) is 7.73. The van der Waals surface area contributed by atoms with Crippen LogP contribution in [-0.2, 0) is 19.8 Å². The van der Waals surface area contributed by atoms with Gasteiger partial charge in [0.05, 0.1) is 15.7 Å². The first-order valence-corrected chi connectivity index (χ1v) is 11.3. The van der Waals surface area contributed by atoms with E-state index >= 15 is 0 Å². The van der Waals surface area contributed by atoms with Crippen molar-refractivity contribution in [3.63, 3.8) is 0 Å². The maximum Gasteiger partial charge on any atom is 0.274 e. The minimum atomic E-state index is -0.0749. The fraction of sp³-hybridized carbons (Fsp3) is 0.409. The number of aryl methyl sites for hydroxylation is 2. The normalized spacial score (nSPS) is 14.7. The maximum absolute atomic E-state index is 12.9. The first kappa shape index (κ1) is 22.6. The van der Waals surface area contributed by atoms with Gasteiger partial charge < -0.3 is 9.64 Å². The topological polar surface area (TPSA) is 68.4 Å². The molecule has 3 aromatic rings. The zero-order valence-corrected chi connectivity index (χ0v) is 19.7. The summed E-state index contributed by atoms with van der Waals surface area (Å²) < 4.78 is 9.20. The number of benzene rings is 1. The number of hydrogen-bond donors (Lipinski definition) is 0. The molecule has 1 aliphatic rings. The quantitative estimate of drug-likeness (QED) is 0.519. The largest absolute Gasteiger partial charge is 0.468 e. The van der Waals surface area contributed by atoms with Gasteiger partial charge in [-0.15, -0.1) is 0 Å². The Balaban J connectivity index is 1.30. The van der Waals surface area contributed by atoms with Gasteiger partial charge in [0.25, 0.3) is 5.91 Å². The summed E-state index contributed by atoms with van der Waals surface area (Å²) in [6.07, 6.45) is 3.82. The molecule has 1 saturated heterocycles. The highest BCUT2D eigenvalue weighted by Gasteiger charge is 2.24. The van der Waals surface area contributed by atoms with Crippen LogP contribution in [0.25, 0.3) is 0 Å². The fourth-order valence-corrected chi connectivity index (χ4v) is 4.19. The lowest BCUT2D eigenvalue weighted by molar-refractivity contribution is 0.0620. The monoisotopic (exact) mass is 476 g/mol. The first-order valence-electron chi connectivity index (χ1n) is 10.6. The van der Waals surface area contributed by atoms with Gasteiger partial charge >= 0.3 is 0 Å². The summed E-state index contributed by atoms with van der Waals surface area (Å²) >= 11 is 12.2. The Labute approximate surface area is 197 Å². The number of amides is 1. The van der Waals surface area contributed by atoms with Crippen LogP contribution in [0.2, 0.25) is 10.0 Å². The van der Waals surface area contributed by atoms with Gasteiger partial charge in [0.1, 0.15) is 0 Å². The molecule has 170 valence electrons.